The standard InChI is InChI=1S/C14H19ClN2O2/c1-14(2,3)19-13(18)10-7-12(16-8-11(10)15)17-9-5-4-6-9/h7-9H,4-6H2,1-3H3,(H,16,17). The highest BCUT2D eigenvalue weighted by atomic mass is 35.5. The number of hydrogen-bond acceptors (Lipinski definition) is 4. The van der Waals surface area contributed by atoms with Gasteiger partial charge in [0, 0.05) is 12.2 Å². The molecule has 1 N–H and O–H groups in total. The number of aromatic nitrogens is 1. The van der Waals surface area contributed by atoms with Gasteiger partial charge in [-0.2, -0.15) is 0 Å². The van der Waals surface area contributed by atoms with Crippen LogP contribution in [-0.2, 0) is 4.74 Å². The average molecular weight is 283 g/mol. The molecule has 0 bridgehead atoms. The van der Waals surface area contributed by atoms with Crippen molar-refractivity contribution in [3.63, 3.8) is 0 Å². The Bertz CT molecular complexity index is 479. The molecule has 1 aromatic rings. The van der Waals surface area contributed by atoms with Crippen LogP contribution in [0.15, 0.2) is 12.3 Å². The molecule has 0 amide bonds. The van der Waals surface area contributed by atoms with Crippen LogP contribution >= 0.6 is 11.6 Å². The third-order valence-corrected chi connectivity index (χ3v) is 3.23. The predicted molar refractivity (Wildman–Crippen MR) is 75.7 cm³/mol. The Kier molecular flexibility index (Phi) is 3.99. The summed E-state index contributed by atoms with van der Waals surface area (Å²) in [6, 6.07) is 2.12. The van der Waals surface area contributed by atoms with Crippen LogP contribution in [-0.4, -0.2) is 22.6 Å². The number of nitrogens with one attached hydrogen (secondary N) is 1. The summed E-state index contributed by atoms with van der Waals surface area (Å²) in [5, 5.41) is 3.60. The first kappa shape index (κ1) is 14.1. The van der Waals surface area contributed by atoms with Gasteiger partial charge in [-0.1, -0.05) is 11.6 Å². The molecule has 1 aromatic heterocycles. The molecule has 1 fully saturated rings. The number of nitrogens with zero attached hydrogens (tertiary/aromatic N) is 1. The van der Waals surface area contributed by atoms with E-state index >= 15 is 0 Å². The van der Waals surface area contributed by atoms with Crippen molar-refractivity contribution in [2.24, 2.45) is 0 Å². The van der Waals surface area contributed by atoms with Crippen LogP contribution in [0.1, 0.15) is 50.4 Å². The van der Waals surface area contributed by atoms with E-state index in [0.29, 0.717) is 22.4 Å². The van der Waals surface area contributed by atoms with Crippen LogP contribution in [0.3, 0.4) is 0 Å². The van der Waals surface area contributed by atoms with Crippen molar-refractivity contribution in [1.82, 2.24) is 4.98 Å². The first-order chi connectivity index (χ1) is 8.85. The number of rotatable bonds is 3. The lowest BCUT2D eigenvalue weighted by Gasteiger charge is -2.27. The summed E-state index contributed by atoms with van der Waals surface area (Å²) in [5.41, 5.74) is -0.181. The normalized spacial score (nSPS) is 15.8. The first-order valence-electron chi connectivity index (χ1n) is 6.50. The summed E-state index contributed by atoms with van der Waals surface area (Å²) < 4.78 is 5.33. The van der Waals surface area contributed by atoms with E-state index in [0.717, 1.165) is 12.8 Å². The molecule has 2 rings (SSSR count). The fourth-order valence-electron chi connectivity index (χ4n) is 1.77. The molecule has 0 spiro atoms. The summed E-state index contributed by atoms with van der Waals surface area (Å²) in [5.74, 6) is 0.256. The lowest BCUT2D eigenvalue weighted by molar-refractivity contribution is 0.00697. The van der Waals surface area contributed by atoms with Crippen molar-refractivity contribution in [1.29, 1.82) is 0 Å². The number of carbonyl (C=O) groups is 1. The van der Waals surface area contributed by atoms with Crippen molar-refractivity contribution >= 4 is 23.4 Å². The smallest absolute Gasteiger partial charge is 0.340 e. The second-order valence-electron chi connectivity index (χ2n) is 5.82. The van der Waals surface area contributed by atoms with Crippen LogP contribution in [0.2, 0.25) is 5.02 Å². The summed E-state index contributed by atoms with van der Waals surface area (Å²) in [4.78, 5) is 16.2. The average Bonchev–Trinajstić information content (AvgIpc) is 2.23. The van der Waals surface area contributed by atoms with E-state index in [9.17, 15) is 4.79 Å². The van der Waals surface area contributed by atoms with Crippen LogP contribution in [0.25, 0.3) is 0 Å². The maximum atomic E-state index is 12.0. The molecule has 1 heterocycles. The number of halogens is 1. The maximum Gasteiger partial charge on any atom is 0.340 e. The minimum Gasteiger partial charge on any atom is -0.456 e. The summed E-state index contributed by atoms with van der Waals surface area (Å²) in [7, 11) is 0. The second-order valence-corrected chi connectivity index (χ2v) is 6.23. The molecular formula is C14H19ClN2O2. The largest absolute Gasteiger partial charge is 0.456 e. The van der Waals surface area contributed by atoms with Gasteiger partial charge in [0.15, 0.2) is 0 Å². The molecule has 0 aromatic carbocycles. The van der Waals surface area contributed by atoms with Crippen molar-refractivity contribution in [2.45, 2.75) is 51.7 Å². The topological polar surface area (TPSA) is 51.2 Å². The van der Waals surface area contributed by atoms with E-state index in [1.165, 1.54) is 12.6 Å². The fourth-order valence-corrected chi connectivity index (χ4v) is 1.95. The van der Waals surface area contributed by atoms with E-state index < -0.39 is 11.6 Å². The molecule has 5 heteroatoms. The van der Waals surface area contributed by atoms with Crippen molar-refractivity contribution in [2.75, 3.05) is 5.32 Å². The fraction of sp³-hybridized carbons (Fsp3) is 0.571. The van der Waals surface area contributed by atoms with Crippen LogP contribution in [0.4, 0.5) is 5.82 Å². The van der Waals surface area contributed by atoms with Gasteiger partial charge < -0.3 is 10.1 Å². The second kappa shape index (κ2) is 5.37. The highest BCUT2D eigenvalue weighted by Crippen LogP contribution is 2.25. The zero-order chi connectivity index (χ0) is 14.0. The zero-order valence-corrected chi connectivity index (χ0v) is 12.3. The van der Waals surface area contributed by atoms with Gasteiger partial charge in [0.25, 0.3) is 0 Å². The third kappa shape index (κ3) is 3.83. The third-order valence-electron chi connectivity index (χ3n) is 2.93. The predicted octanol–water partition coefficient (Wildman–Crippen LogP) is 3.65. The van der Waals surface area contributed by atoms with E-state index in [-0.39, 0.29) is 0 Å². The summed E-state index contributed by atoms with van der Waals surface area (Å²) >= 11 is 6.01. The van der Waals surface area contributed by atoms with Gasteiger partial charge in [-0.15, -0.1) is 0 Å². The highest BCUT2D eigenvalue weighted by Gasteiger charge is 2.22. The Morgan fingerprint density at radius 1 is 1.47 bits per heavy atom. The molecule has 1 aliphatic rings. The Morgan fingerprint density at radius 2 is 2.16 bits per heavy atom. The Morgan fingerprint density at radius 3 is 2.68 bits per heavy atom. The van der Waals surface area contributed by atoms with E-state index in [4.69, 9.17) is 16.3 Å². The number of pyridine rings is 1. The van der Waals surface area contributed by atoms with Gasteiger partial charge in [0.05, 0.1) is 10.6 Å². The molecule has 1 saturated carbocycles. The number of anilines is 1. The number of esters is 1. The molecule has 0 aliphatic heterocycles. The summed E-state index contributed by atoms with van der Waals surface area (Å²) in [6.45, 7) is 5.48. The van der Waals surface area contributed by atoms with Gasteiger partial charge in [-0.25, -0.2) is 9.78 Å². The van der Waals surface area contributed by atoms with Gasteiger partial charge in [-0.05, 0) is 46.1 Å². The molecule has 4 nitrogen and oxygen atoms in total. The molecule has 0 unspecified atom stereocenters. The van der Waals surface area contributed by atoms with Crippen LogP contribution in [0.5, 0.6) is 0 Å². The lowest BCUT2D eigenvalue weighted by Crippen LogP contribution is -2.28. The maximum absolute atomic E-state index is 12.0. The minimum absolute atomic E-state index is 0.313. The van der Waals surface area contributed by atoms with E-state index in [1.807, 2.05) is 20.8 Å². The van der Waals surface area contributed by atoms with Crippen molar-refractivity contribution in [3.05, 3.63) is 22.8 Å². The van der Waals surface area contributed by atoms with Gasteiger partial charge in [-0.3, -0.25) is 0 Å². The Labute approximate surface area is 118 Å². The Hall–Kier alpha value is -1.29. The van der Waals surface area contributed by atoms with Crippen LogP contribution < -0.4 is 5.32 Å². The number of hydrogen-bond donors (Lipinski definition) is 1. The number of ether oxygens (including phenoxy) is 1. The number of carbonyl (C=O) groups excluding carboxylic acids is 1. The zero-order valence-electron chi connectivity index (χ0n) is 11.5. The minimum atomic E-state index is -0.536. The van der Waals surface area contributed by atoms with E-state index in [1.54, 1.807) is 6.07 Å². The first-order valence-corrected chi connectivity index (χ1v) is 6.88. The van der Waals surface area contributed by atoms with Crippen molar-refractivity contribution < 1.29 is 9.53 Å². The molecule has 0 saturated heterocycles. The molecule has 19 heavy (non-hydrogen) atoms. The Balaban J connectivity index is 2.14. The van der Waals surface area contributed by atoms with Crippen LogP contribution in [0, 0.1) is 0 Å². The highest BCUT2D eigenvalue weighted by molar-refractivity contribution is 6.33. The monoisotopic (exact) mass is 282 g/mol. The van der Waals surface area contributed by atoms with Gasteiger partial charge >= 0.3 is 5.97 Å². The molecular weight excluding hydrogens is 264 g/mol. The quantitative estimate of drug-likeness (QED) is 0.860. The lowest BCUT2D eigenvalue weighted by atomic mass is 9.93. The van der Waals surface area contributed by atoms with Crippen molar-refractivity contribution in [3.8, 4) is 0 Å². The van der Waals surface area contributed by atoms with Gasteiger partial charge in [0.2, 0.25) is 0 Å². The SMILES string of the molecule is CC(C)(C)OC(=O)c1cc(NC2CCC2)ncc1Cl. The van der Waals surface area contributed by atoms with Gasteiger partial charge in [0.1, 0.15) is 11.4 Å². The molecule has 1 aliphatic carbocycles. The summed E-state index contributed by atoms with van der Waals surface area (Å²) in [6.07, 6.45) is 5.02. The molecule has 0 atom stereocenters. The molecule has 0 radical (unpaired) electrons. The molecule has 104 valence electrons. The van der Waals surface area contributed by atoms with E-state index in [2.05, 4.69) is 10.3 Å².